The van der Waals surface area contributed by atoms with Crippen LogP contribution in [0.25, 0.3) is 10.9 Å². The molecule has 0 atom stereocenters. The van der Waals surface area contributed by atoms with Crippen molar-refractivity contribution in [2.24, 2.45) is 7.05 Å². The Morgan fingerprint density at radius 3 is 2.44 bits per heavy atom. The number of likely N-dealkylation sites (N-methyl/N-ethyl adjacent to an activating group) is 1. The monoisotopic (exact) mass is 866 g/mol. The molecule has 3 N–H and O–H groups in total. The maximum Gasteiger partial charge on any atom is 0.329 e. The van der Waals surface area contributed by atoms with E-state index in [9.17, 15) is 22.8 Å². The molecule has 4 amide bonds. The highest BCUT2D eigenvalue weighted by Crippen LogP contribution is 2.56. The van der Waals surface area contributed by atoms with Crippen LogP contribution in [0.15, 0.2) is 65.4 Å². The minimum atomic E-state index is -3.66. The lowest BCUT2D eigenvalue weighted by molar-refractivity contribution is -0.120. The summed E-state index contributed by atoms with van der Waals surface area (Å²) >= 11 is 0. The number of hydrogen-bond donors (Lipinski definition) is 3. The van der Waals surface area contributed by atoms with Gasteiger partial charge in [-0.1, -0.05) is 31.5 Å². The standard InChI is InChI=1S/C38H44N10O5S.C7H14O/c1-44-34-30(38(13-14-38)35(44)50)22-39-36(42-34)40-27-10-17-47(18-11-27)54(52,53)28-5-3-4-24(20-28)23-46-15-8-25(9-16-46)26-6-7-29-31(21-26)45(2)43-33(29)48-19-12-32(49)41-37(48)51;1-3-5-6-7(8)4-2/h3-7,20-22,25,27H,8-19,23H2,1-2H3,(H,39,40,42)(H,41,49,51);4,8H,3,5-6H2,1-2H3/b;7-4+. The highest BCUT2D eigenvalue weighted by Gasteiger charge is 2.59. The molecule has 5 aliphatic rings. The number of nitrogens with one attached hydrogen (secondary N) is 2. The van der Waals surface area contributed by atoms with Crippen molar-refractivity contribution in [3.8, 4) is 0 Å². The second-order valence-electron chi connectivity index (χ2n) is 17.3. The zero-order valence-electron chi connectivity index (χ0n) is 36.1. The van der Waals surface area contributed by atoms with Crippen LogP contribution < -0.4 is 20.4 Å². The number of hydrogen-bond acceptors (Lipinski definition) is 11. The Morgan fingerprint density at radius 1 is 0.984 bits per heavy atom. The van der Waals surface area contributed by atoms with Gasteiger partial charge in [0.25, 0.3) is 0 Å². The number of amides is 4. The largest absolute Gasteiger partial charge is 0.513 e. The molecule has 4 aromatic rings. The summed E-state index contributed by atoms with van der Waals surface area (Å²) in [6.45, 7) is 7.51. The van der Waals surface area contributed by atoms with Crippen LogP contribution in [0, 0.1) is 0 Å². The lowest BCUT2D eigenvalue weighted by Gasteiger charge is -2.33. The lowest BCUT2D eigenvalue weighted by atomic mass is 9.89. The Kier molecular flexibility index (Phi) is 12.4. The van der Waals surface area contributed by atoms with Crippen molar-refractivity contribution in [3.63, 3.8) is 0 Å². The molecule has 62 heavy (non-hydrogen) atoms. The Bertz CT molecular complexity index is 2480. The van der Waals surface area contributed by atoms with Crippen LogP contribution in [-0.4, -0.2) is 106 Å². The van der Waals surface area contributed by atoms with E-state index in [0.29, 0.717) is 73.2 Å². The molecule has 4 aliphatic heterocycles. The predicted octanol–water partition coefficient (Wildman–Crippen LogP) is 6.10. The number of nitrogens with zero attached hydrogens (tertiary/aromatic N) is 8. The fraction of sp³-hybridized carbons (Fsp3) is 0.511. The van der Waals surface area contributed by atoms with Crippen LogP contribution in [-0.2, 0) is 38.6 Å². The van der Waals surface area contributed by atoms with Crippen LogP contribution in [0.3, 0.4) is 0 Å². The van der Waals surface area contributed by atoms with E-state index in [1.807, 2.05) is 38.2 Å². The number of carbonyl (C=O) groups excluding carboxylic acids is 3. The van der Waals surface area contributed by atoms with E-state index in [-0.39, 0.29) is 24.3 Å². The number of sulfonamides is 1. The molecule has 1 aliphatic carbocycles. The van der Waals surface area contributed by atoms with Gasteiger partial charge in [-0.2, -0.15) is 14.4 Å². The third kappa shape index (κ3) is 8.66. The number of anilines is 3. The van der Waals surface area contributed by atoms with Crippen molar-refractivity contribution >= 4 is 56.4 Å². The number of imide groups is 1. The summed E-state index contributed by atoms with van der Waals surface area (Å²) in [5.41, 5.74) is 3.65. The van der Waals surface area contributed by atoms with E-state index in [0.717, 1.165) is 80.1 Å². The smallest absolute Gasteiger partial charge is 0.329 e. The number of carbonyl (C=O) groups is 3. The van der Waals surface area contributed by atoms with Gasteiger partial charge in [0, 0.05) is 76.3 Å². The fourth-order valence-electron chi connectivity index (χ4n) is 9.21. The van der Waals surface area contributed by atoms with Crippen molar-refractivity contribution < 1.29 is 27.9 Å². The first-order chi connectivity index (χ1) is 29.8. The molecule has 330 valence electrons. The van der Waals surface area contributed by atoms with Gasteiger partial charge >= 0.3 is 6.03 Å². The zero-order valence-corrected chi connectivity index (χ0v) is 37.0. The third-order valence-corrected chi connectivity index (χ3v) is 15.0. The Balaban J connectivity index is 0.000000604. The van der Waals surface area contributed by atoms with Crippen molar-refractivity contribution in [2.75, 3.05) is 54.9 Å². The number of likely N-dealkylation sites (tertiary alicyclic amines) is 1. The van der Waals surface area contributed by atoms with Crippen molar-refractivity contribution in [3.05, 3.63) is 77.2 Å². The van der Waals surface area contributed by atoms with Gasteiger partial charge in [-0.25, -0.2) is 18.2 Å². The first-order valence-electron chi connectivity index (χ1n) is 22.0. The highest BCUT2D eigenvalue weighted by molar-refractivity contribution is 7.89. The number of benzene rings is 2. The number of piperidine rings is 2. The molecule has 17 heteroatoms. The lowest BCUT2D eigenvalue weighted by Crippen LogP contribution is -2.49. The maximum atomic E-state index is 13.8. The Labute approximate surface area is 363 Å². The van der Waals surface area contributed by atoms with Gasteiger partial charge in [-0.3, -0.25) is 34.3 Å². The summed E-state index contributed by atoms with van der Waals surface area (Å²) in [4.78, 5) is 51.9. The first-order valence-corrected chi connectivity index (χ1v) is 23.4. The van der Waals surface area contributed by atoms with Gasteiger partial charge in [-0.05, 0) is 112 Å². The molecule has 3 saturated heterocycles. The number of aryl methyl sites for hydroxylation is 1. The van der Waals surface area contributed by atoms with Gasteiger partial charge in [0.15, 0.2) is 5.82 Å². The molecular weight excluding hydrogens is 809 g/mol. The number of rotatable bonds is 11. The van der Waals surface area contributed by atoms with Crippen LogP contribution in [0.5, 0.6) is 0 Å². The molecule has 0 unspecified atom stereocenters. The normalized spacial score (nSPS) is 20.1. The number of allylic oxidation sites excluding steroid dienone is 2. The molecule has 6 heterocycles. The van der Waals surface area contributed by atoms with Crippen molar-refractivity contribution in [1.82, 2.24) is 34.3 Å². The number of aliphatic hydroxyl groups is 1. The molecule has 2 aromatic carbocycles. The number of aromatic nitrogens is 4. The predicted molar refractivity (Wildman–Crippen MR) is 238 cm³/mol. The highest BCUT2D eigenvalue weighted by atomic mass is 32.2. The van der Waals surface area contributed by atoms with Crippen LogP contribution in [0.2, 0.25) is 0 Å². The first kappa shape index (κ1) is 43.3. The second-order valence-corrected chi connectivity index (χ2v) is 19.2. The van der Waals surface area contributed by atoms with Crippen LogP contribution in [0.1, 0.15) is 101 Å². The molecule has 0 radical (unpaired) electrons. The third-order valence-electron chi connectivity index (χ3n) is 13.1. The van der Waals surface area contributed by atoms with Crippen molar-refractivity contribution in [2.45, 2.75) is 107 Å². The van der Waals surface area contributed by atoms with Crippen LogP contribution in [0.4, 0.5) is 22.4 Å². The molecule has 9 rings (SSSR count). The van der Waals surface area contributed by atoms with Crippen molar-refractivity contribution in [1.29, 1.82) is 0 Å². The minimum Gasteiger partial charge on any atom is -0.513 e. The quantitative estimate of drug-likeness (QED) is 0.148. The average Bonchev–Trinajstić information content (AvgIpc) is 3.99. The number of urea groups is 1. The molecule has 0 bridgehead atoms. The van der Waals surface area contributed by atoms with Gasteiger partial charge < -0.3 is 10.4 Å². The molecule has 1 saturated carbocycles. The van der Waals surface area contributed by atoms with Crippen LogP contribution >= 0.6 is 0 Å². The summed E-state index contributed by atoms with van der Waals surface area (Å²) in [6.07, 6.45) is 11.7. The van der Waals surface area contributed by atoms with E-state index in [1.165, 1.54) is 10.5 Å². The average molecular weight is 867 g/mol. The Morgan fingerprint density at radius 2 is 1.74 bits per heavy atom. The number of aliphatic hydroxyl groups excluding tert-OH is 1. The van der Waals surface area contributed by atoms with E-state index < -0.39 is 21.5 Å². The summed E-state index contributed by atoms with van der Waals surface area (Å²) in [6, 6.07) is 13.3. The molecule has 16 nitrogen and oxygen atoms in total. The summed E-state index contributed by atoms with van der Waals surface area (Å²) in [5.74, 6) is 2.42. The summed E-state index contributed by atoms with van der Waals surface area (Å²) in [5, 5.41) is 20.1. The van der Waals surface area contributed by atoms with E-state index in [2.05, 4.69) is 49.7 Å². The zero-order chi connectivity index (χ0) is 43.8. The molecular formula is C45H58N10O6S. The van der Waals surface area contributed by atoms with Gasteiger partial charge in [0.1, 0.15) is 5.82 Å². The van der Waals surface area contributed by atoms with Gasteiger partial charge in [0.05, 0.1) is 21.6 Å². The molecule has 1 spiro atoms. The second kappa shape index (κ2) is 17.8. The minimum absolute atomic E-state index is 0.0282. The molecule has 4 fully saturated rings. The maximum absolute atomic E-state index is 13.8. The van der Waals surface area contributed by atoms with Gasteiger partial charge in [0.2, 0.25) is 27.8 Å². The summed E-state index contributed by atoms with van der Waals surface area (Å²) in [7, 11) is -0.0261. The van der Waals surface area contributed by atoms with E-state index >= 15 is 0 Å². The van der Waals surface area contributed by atoms with E-state index in [4.69, 9.17) is 5.11 Å². The molecule has 2 aromatic heterocycles. The van der Waals surface area contributed by atoms with Gasteiger partial charge in [-0.15, -0.1) is 0 Å². The SMILES string of the molecule is C/C=C(/O)CCCC.CN1C(=O)C2(CC2)c2cnc(NC3CCN(S(=O)(=O)c4cccc(CN5CCC(c6ccc7c(N8CCC(=O)NC8=O)nn(C)c7c6)CC5)c4)CC3)nc21. The fourth-order valence-corrected chi connectivity index (χ4v) is 10.8. The Hall–Kier alpha value is -5.39. The topological polar surface area (TPSA) is 186 Å². The number of unbranched alkanes of at least 4 members (excludes halogenated alkanes) is 1. The number of fused-ring (bicyclic) bond motifs is 3. The van der Waals surface area contributed by atoms with E-state index in [1.54, 1.807) is 39.3 Å². The summed E-state index contributed by atoms with van der Waals surface area (Å²) < 4.78 is 30.9.